The molecule has 0 aromatic carbocycles. The highest BCUT2D eigenvalue weighted by molar-refractivity contribution is 6.17. The standard InChI is InChI=1S/C11H15ClN2O/c12-8-9-2-1-5-13-11(9)14(6-7-15)10-3-4-10/h1-2,5,10,15H,3-4,6-8H2. The second-order valence-corrected chi connectivity index (χ2v) is 4.04. The quantitative estimate of drug-likeness (QED) is 0.778. The predicted octanol–water partition coefficient (Wildman–Crippen LogP) is 1.78. The Bertz CT molecular complexity index is 328. The zero-order valence-electron chi connectivity index (χ0n) is 8.56. The van der Waals surface area contributed by atoms with Crippen LogP contribution in [0.3, 0.4) is 0 Å². The summed E-state index contributed by atoms with van der Waals surface area (Å²) >= 11 is 5.87. The molecular weight excluding hydrogens is 212 g/mol. The molecule has 1 N–H and O–H groups in total. The highest BCUT2D eigenvalue weighted by Crippen LogP contribution is 2.32. The number of pyridine rings is 1. The lowest BCUT2D eigenvalue weighted by Gasteiger charge is -2.24. The average molecular weight is 227 g/mol. The molecule has 3 nitrogen and oxygen atoms in total. The molecule has 1 aliphatic rings. The number of hydrogen-bond acceptors (Lipinski definition) is 3. The van der Waals surface area contributed by atoms with E-state index in [2.05, 4.69) is 9.88 Å². The Kier molecular flexibility index (Phi) is 3.44. The number of alkyl halides is 1. The third-order valence-corrected chi connectivity index (χ3v) is 2.90. The van der Waals surface area contributed by atoms with Gasteiger partial charge in [-0.2, -0.15) is 0 Å². The molecule has 1 heterocycles. The van der Waals surface area contributed by atoms with Crippen LogP contribution in [0, 0.1) is 0 Å². The molecular formula is C11H15ClN2O. The Hall–Kier alpha value is -0.800. The number of hydrogen-bond donors (Lipinski definition) is 1. The monoisotopic (exact) mass is 226 g/mol. The molecule has 0 spiro atoms. The molecule has 0 aliphatic heterocycles. The number of anilines is 1. The summed E-state index contributed by atoms with van der Waals surface area (Å²) < 4.78 is 0. The Labute approximate surface area is 94.7 Å². The first-order valence-electron chi connectivity index (χ1n) is 5.24. The highest BCUT2D eigenvalue weighted by atomic mass is 35.5. The number of nitrogens with zero attached hydrogens (tertiary/aromatic N) is 2. The minimum absolute atomic E-state index is 0.162. The van der Waals surface area contributed by atoms with Gasteiger partial charge in [-0.15, -0.1) is 11.6 Å². The van der Waals surface area contributed by atoms with E-state index in [1.807, 2.05) is 12.1 Å². The van der Waals surface area contributed by atoms with E-state index in [-0.39, 0.29) is 6.61 Å². The molecule has 1 aliphatic carbocycles. The van der Waals surface area contributed by atoms with Crippen LogP contribution in [0.4, 0.5) is 5.82 Å². The number of aliphatic hydroxyl groups excluding tert-OH is 1. The summed E-state index contributed by atoms with van der Waals surface area (Å²) in [5.41, 5.74) is 1.04. The van der Waals surface area contributed by atoms with Gasteiger partial charge in [-0.1, -0.05) is 6.07 Å². The Morgan fingerprint density at radius 1 is 1.53 bits per heavy atom. The summed E-state index contributed by atoms with van der Waals surface area (Å²) in [5.74, 6) is 1.40. The maximum atomic E-state index is 9.04. The number of rotatable bonds is 5. The average Bonchev–Trinajstić information content (AvgIpc) is 3.10. The maximum absolute atomic E-state index is 9.04. The van der Waals surface area contributed by atoms with Gasteiger partial charge in [0.1, 0.15) is 5.82 Å². The summed E-state index contributed by atoms with van der Waals surface area (Å²) in [7, 11) is 0. The topological polar surface area (TPSA) is 36.4 Å². The summed E-state index contributed by atoms with van der Waals surface area (Å²) in [6.45, 7) is 0.806. The van der Waals surface area contributed by atoms with Gasteiger partial charge in [0, 0.05) is 24.3 Å². The fraction of sp³-hybridized carbons (Fsp3) is 0.545. The fourth-order valence-electron chi connectivity index (χ4n) is 1.75. The molecule has 82 valence electrons. The van der Waals surface area contributed by atoms with Gasteiger partial charge < -0.3 is 10.0 Å². The van der Waals surface area contributed by atoms with Gasteiger partial charge in [-0.25, -0.2) is 4.98 Å². The van der Waals surface area contributed by atoms with Gasteiger partial charge in [0.2, 0.25) is 0 Å². The Morgan fingerprint density at radius 3 is 2.93 bits per heavy atom. The van der Waals surface area contributed by atoms with Gasteiger partial charge in [0.05, 0.1) is 12.5 Å². The fourth-order valence-corrected chi connectivity index (χ4v) is 1.96. The van der Waals surface area contributed by atoms with Crippen LogP contribution in [0.15, 0.2) is 18.3 Å². The van der Waals surface area contributed by atoms with Crippen LogP contribution in [-0.2, 0) is 5.88 Å². The minimum atomic E-state index is 0.162. The van der Waals surface area contributed by atoms with Gasteiger partial charge >= 0.3 is 0 Å². The second kappa shape index (κ2) is 4.81. The Morgan fingerprint density at radius 2 is 2.33 bits per heavy atom. The molecule has 0 unspecified atom stereocenters. The summed E-state index contributed by atoms with van der Waals surface area (Å²) in [6.07, 6.45) is 4.16. The summed E-state index contributed by atoms with van der Waals surface area (Å²) in [5, 5.41) is 9.04. The van der Waals surface area contributed by atoms with E-state index in [0.29, 0.717) is 18.5 Å². The van der Waals surface area contributed by atoms with Crippen molar-refractivity contribution < 1.29 is 5.11 Å². The van der Waals surface area contributed by atoms with Crippen LogP contribution in [-0.4, -0.2) is 29.3 Å². The summed E-state index contributed by atoms with van der Waals surface area (Å²) in [4.78, 5) is 6.52. The molecule has 15 heavy (non-hydrogen) atoms. The summed E-state index contributed by atoms with van der Waals surface area (Å²) in [6, 6.07) is 4.43. The van der Waals surface area contributed by atoms with Crippen LogP contribution in [0.1, 0.15) is 18.4 Å². The third-order valence-electron chi connectivity index (χ3n) is 2.61. The SMILES string of the molecule is OCCN(c1ncccc1CCl)C1CC1. The smallest absolute Gasteiger partial charge is 0.133 e. The third kappa shape index (κ3) is 2.41. The van der Waals surface area contributed by atoms with E-state index >= 15 is 0 Å². The van der Waals surface area contributed by atoms with E-state index in [1.54, 1.807) is 6.20 Å². The van der Waals surface area contributed by atoms with Crippen LogP contribution in [0.2, 0.25) is 0 Å². The molecule has 4 heteroatoms. The first-order valence-corrected chi connectivity index (χ1v) is 5.77. The van der Waals surface area contributed by atoms with Crippen molar-refractivity contribution in [1.29, 1.82) is 0 Å². The molecule has 0 amide bonds. The number of aliphatic hydroxyl groups is 1. The molecule has 0 saturated heterocycles. The van der Waals surface area contributed by atoms with Crippen molar-refractivity contribution in [1.82, 2.24) is 4.98 Å². The van der Waals surface area contributed by atoms with Gasteiger partial charge in [0.25, 0.3) is 0 Å². The number of halogens is 1. The van der Waals surface area contributed by atoms with E-state index in [0.717, 1.165) is 11.4 Å². The van der Waals surface area contributed by atoms with Crippen LogP contribution >= 0.6 is 11.6 Å². The van der Waals surface area contributed by atoms with Crippen molar-refractivity contribution in [3.05, 3.63) is 23.9 Å². The van der Waals surface area contributed by atoms with E-state index in [9.17, 15) is 0 Å². The molecule has 1 aromatic rings. The van der Waals surface area contributed by atoms with Gasteiger partial charge in [0.15, 0.2) is 0 Å². The van der Waals surface area contributed by atoms with Crippen molar-refractivity contribution in [2.24, 2.45) is 0 Å². The normalized spacial score (nSPS) is 15.3. The van der Waals surface area contributed by atoms with Crippen molar-refractivity contribution >= 4 is 17.4 Å². The molecule has 1 fully saturated rings. The molecule has 1 saturated carbocycles. The predicted molar refractivity (Wildman–Crippen MR) is 61.2 cm³/mol. The van der Waals surface area contributed by atoms with Crippen molar-refractivity contribution in [3.63, 3.8) is 0 Å². The molecule has 2 rings (SSSR count). The van der Waals surface area contributed by atoms with Gasteiger partial charge in [-0.3, -0.25) is 0 Å². The first-order chi connectivity index (χ1) is 7.36. The zero-order valence-corrected chi connectivity index (χ0v) is 9.32. The molecule has 0 atom stereocenters. The Balaban J connectivity index is 2.23. The largest absolute Gasteiger partial charge is 0.395 e. The minimum Gasteiger partial charge on any atom is -0.395 e. The zero-order chi connectivity index (χ0) is 10.7. The lowest BCUT2D eigenvalue weighted by Crippen LogP contribution is -2.30. The lowest BCUT2D eigenvalue weighted by molar-refractivity contribution is 0.301. The van der Waals surface area contributed by atoms with Crippen LogP contribution < -0.4 is 4.90 Å². The second-order valence-electron chi connectivity index (χ2n) is 3.77. The maximum Gasteiger partial charge on any atom is 0.133 e. The van der Waals surface area contributed by atoms with Crippen LogP contribution in [0.5, 0.6) is 0 Å². The van der Waals surface area contributed by atoms with Gasteiger partial charge in [-0.05, 0) is 18.9 Å². The molecule has 0 bridgehead atoms. The van der Waals surface area contributed by atoms with E-state index < -0.39 is 0 Å². The highest BCUT2D eigenvalue weighted by Gasteiger charge is 2.30. The van der Waals surface area contributed by atoms with Crippen LogP contribution in [0.25, 0.3) is 0 Å². The number of aromatic nitrogens is 1. The lowest BCUT2D eigenvalue weighted by atomic mass is 10.2. The first kappa shape index (κ1) is 10.7. The van der Waals surface area contributed by atoms with Crippen molar-refractivity contribution in [2.75, 3.05) is 18.1 Å². The molecule has 1 aromatic heterocycles. The van der Waals surface area contributed by atoms with E-state index in [4.69, 9.17) is 16.7 Å². The van der Waals surface area contributed by atoms with Crippen molar-refractivity contribution in [2.45, 2.75) is 24.8 Å². The van der Waals surface area contributed by atoms with Crippen molar-refractivity contribution in [3.8, 4) is 0 Å². The van der Waals surface area contributed by atoms with E-state index in [1.165, 1.54) is 12.8 Å². The molecule has 0 radical (unpaired) electrons.